The van der Waals surface area contributed by atoms with Gasteiger partial charge in [-0.15, -0.1) is 0 Å². The smallest absolute Gasteiger partial charge is 0.251 e. The minimum absolute atomic E-state index is 0.0229. The van der Waals surface area contributed by atoms with E-state index in [1.165, 1.54) is 12.8 Å². The first-order valence-electron chi connectivity index (χ1n) is 5.65. The molecule has 0 radical (unpaired) electrons. The average molecular weight is 314 g/mol. The lowest BCUT2D eigenvalue weighted by Gasteiger charge is -2.13. The van der Waals surface area contributed by atoms with E-state index in [1.807, 2.05) is 36.9 Å². The van der Waals surface area contributed by atoms with Crippen LogP contribution < -0.4 is 5.32 Å². The Morgan fingerprint density at radius 2 is 2.18 bits per heavy atom. The summed E-state index contributed by atoms with van der Waals surface area (Å²) in [6, 6.07) is 5.78. The van der Waals surface area contributed by atoms with Gasteiger partial charge in [-0.3, -0.25) is 4.79 Å². The summed E-state index contributed by atoms with van der Waals surface area (Å²) in [5, 5.41) is 3.03. The molecular formula is C13H16BrNOS. The van der Waals surface area contributed by atoms with Gasteiger partial charge < -0.3 is 5.32 Å². The van der Waals surface area contributed by atoms with Crippen LogP contribution in [0.15, 0.2) is 22.7 Å². The van der Waals surface area contributed by atoms with Crippen molar-refractivity contribution in [2.75, 3.05) is 12.8 Å². The maximum atomic E-state index is 12.0. The molecule has 0 aliphatic heterocycles. The lowest BCUT2D eigenvalue weighted by Crippen LogP contribution is -2.31. The van der Waals surface area contributed by atoms with E-state index in [1.54, 1.807) is 0 Å². The molecule has 0 unspecified atom stereocenters. The monoisotopic (exact) mass is 313 g/mol. The molecule has 1 aromatic carbocycles. The summed E-state index contributed by atoms with van der Waals surface area (Å²) in [5.41, 5.74) is 1.82. The Balaban J connectivity index is 1.99. The molecular weight excluding hydrogens is 298 g/mol. The lowest BCUT2D eigenvalue weighted by molar-refractivity contribution is 0.0953. The van der Waals surface area contributed by atoms with Crippen LogP contribution in [-0.4, -0.2) is 23.5 Å². The van der Waals surface area contributed by atoms with Crippen molar-refractivity contribution in [3.63, 3.8) is 0 Å². The zero-order valence-corrected chi connectivity index (χ0v) is 12.5. The molecule has 1 fully saturated rings. The van der Waals surface area contributed by atoms with Gasteiger partial charge in [0.05, 0.1) is 0 Å². The number of rotatable bonds is 4. The normalized spacial score (nSPS) is 16.6. The molecule has 1 aliphatic rings. The van der Waals surface area contributed by atoms with Crippen LogP contribution in [0.3, 0.4) is 0 Å². The fourth-order valence-electron chi connectivity index (χ4n) is 1.80. The quantitative estimate of drug-likeness (QED) is 0.923. The first-order chi connectivity index (χ1) is 8.04. The molecule has 0 spiro atoms. The predicted octanol–water partition coefficient (Wildman–Crippen LogP) is 3.38. The van der Waals surface area contributed by atoms with E-state index in [2.05, 4.69) is 27.5 Å². The molecule has 0 atom stereocenters. The topological polar surface area (TPSA) is 29.1 Å². The van der Waals surface area contributed by atoms with Gasteiger partial charge in [-0.25, -0.2) is 0 Å². The Morgan fingerprint density at radius 1 is 1.47 bits per heavy atom. The molecule has 0 aromatic heterocycles. The third-order valence-electron chi connectivity index (χ3n) is 3.12. The summed E-state index contributed by atoms with van der Waals surface area (Å²) >= 11 is 5.27. The second kappa shape index (κ2) is 5.02. The number of hydrogen-bond donors (Lipinski definition) is 1. The number of amides is 1. The zero-order valence-electron chi connectivity index (χ0n) is 10.0. The third kappa shape index (κ3) is 3.26. The van der Waals surface area contributed by atoms with Crippen molar-refractivity contribution in [2.24, 2.45) is 0 Å². The second-order valence-electron chi connectivity index (χ2n) is 4.59. The number of carbonyl (C=O) groups excluding carboxylic acids is 1. The Bertz CT molecular complexity index is 423. The zero-order chi connectivity index (χ0) is 12.5. The van der Waals surface area contributed by atoms with Gasteiger partial charge in [-0.1, -0.05) is 15.9 Å². The maximum absolute atomic E-state index is 12.0. The summed E-state index contributed by atoms with van der Waals surface area (Å²) < 4.78 is 1.27. The van der Waals surface area contributed by atoms with Crippen LogP contribution in [0.2, 0.25) is 0 Å². The molecule has 2 rings (SSSR count). The van der Waals surface area contributed by atoms with E-state index >= 15 is 0 Å². The fraction of sp³-hybridized carbons (Fsp3) is 0.462. The van der Waals surface area contributed by atoms with Crippen molar-refractivity contribution in [1.29, 1.82) is 0 Å². The largest absolute Gasteiger partial charge is 0.351 e. The van der Waals surface area contributed by atoms with Gasteiger partial charge in [0.25, 0.3) is 5.91 Å². The van der Waals surface area contributed by atoms with Gasteiger partial charge in [0, 0.05) is 21.3 Å². The Morgan fingerprint density at radius 3 is 2.71 bits per heavy atom. The predicted molar refractivity (Wildman–Crippen MR) is 76.7 cm³/mol. The summed E-state index contributed by atoms with van der Waals surface area (Å²) in [7, 11) is 0. The standard InChI is InChI=1S/C13H16BrNOS/c1-9-5-10(7-11(14)6-9)12(16)15-8-13(17-2)3-4-13/h5-7H,3-4,8H2,1-2H3,(H,15,16). The van der Waals surface area contributed by atoms with Gasteiger partial charge in [-0.05, 0) is 49.8 Å². The highest BCUT2D eigenvalue weighted by Crippen LogP contribution is 2.46. The number of aryl methyl sites for hydroxylation is 1. The summed E-state index contributed by atoms with van der Waals surface area (Å²) in [6.45, 7) is 2.77. The van der Waals surface area contributed by atoms with E-state index in [0.717, 1.165) is 22.1 Å². The van der Waals surface area contributed by atoms with E-state index in [0.29, 0.717) is 4.75 Å². The number of halogens is 1. The average Bonchev–Trinajstić information content (AvgIpc) is 3.05. The molecule has 0 heterocycles. The van der Waals surface area contributed by atoms with Crippen molar-refractivity contribution in [3.05, 3.63) is 33.8 Å². The molecule has 17 heavy (non-hydrogen) atoms. The van der Waals surface area contributed by atoms with Crippen LogP contribution in [0.4, 0.5) is 0 Å². The second-order valence-corrected chi connectivity index (χ2v) is 6.78. The van der Waals surface area contributed by atoms with Gasteiger partial charge in [0.2, 0.25) is 0 Å². The molecule has 1 aromatic rings. The van der Waals surface area contributed by atoms with Crippen LogP contribution in [0.25, 0.3) is 0 Å². The van der Waals surface area contributed by atoms with E-state index < -0.39 is 0 Å². The van der Waals surface area contributed by atoms with E-state index in [9.17, 15) is 4.79 Å². The van der Waals surface area contributed by atoms with Crippen LogP contribution in [0.5, 0.6) is 0 Å². The Hall–Kier alpha value is -0.480. The van der Waals surface area contributed by atoms with E-state index in [4.69, 9.17) is 0 Å². The van der Waals surface area contributed by atoms with Crippen molar-refractivity contribution >= 4 is 33.6 Å². The molecule has 2 nitrogen and oxygen atoms in total. The number of hydrogen-bond acceptors (Lipinski definition) is 2. The maximum Gasteiger partial charge on any atom is 0.251 e. The van der Waals surface area contributed by atoms with Crippen molar-refractivity contribution in [3.8, 4) is 0 Å². The van der Waals surface area contributed by atoms with Gasteiger partial charge in [0.1, 0.15) is 0 Å². The Kier molecular flexibility index (Phi) is 3.83. The third-order valence-corrected chi connectivity index (χ3v) is 4.99. The van der Waals surface area contributed by atoms with Crippen molar-refractivity contribution in [1.82, 2.24) is 5.32 Å². The van der Waals surface area contributed by atoms with Crippen molar-refractivity contribution < 1.29 is 4.79 Å². The highest BCUT2D eigenvalue weighted by atomic mass is 79.9. The lowest BCUT2D eigenvalue weighted by atomic mass is 10.1. The number of nitrogens with one attached hydrogen (secondary N) is 1. The van der Waals surface area contributed by atoms with Gasteiger partial charge in [-0.2, -0.15) is 11.8 Å². The SMILES string of the molecule is CSC1(CNC(=O)c2cc(C)cc(Br)c2)CC1. The molecule has 1 saturated carbocycles. The van der Waals surface area contributed by atoms with E-state index in [-0.39, 0.29) is 5.91 Å². The number of benzene rings is 1. The molecule has 1 N–H and O–H groups in total. The summed E-state index contributed by atoms with van der Waals surface area (Å²) in [5.74, 6) is 0.0229. The first kappa shape index (κ1) is 13.0. The summed E-state index contributed by atoms with van der Waals surface area (Å²) in [6.07, 6.45) is 4.54. The highest BCUT2D eigenvalue weighted by Gasteiger charge is 2.41. The van der Waals surface area contributed by atoms with Gasteiger partial charge in [0.15, 0.2) is 0 Å². The molecule has 0 saturated heterocycles. The molecule has 0 bridgehead atoms. The molecule has 1 aliphatic carbocycles. The van der Waals surface area contributed by atoms with Crippen LogP contribution >= 0.6 is 27.7 Å². The summed E-state index contributed by atoms with van der Waals surface area (Å²) in [4.78, 5) is 12.0. The van der Waals surface area contributed by atoms with Crippen LogP contribution in [0, 0.1) is 6.92 Å². The highest BCUT2D eigenvalue weighted by molar-refractivity contribution is 9.10. The molecule has 1 amide bonds. The molecule has 92 valence electrons. The minimum atomic E-state index is 0.0229. The number of carbonyl (C=O) groups is 1. The Labute approximate surface area is 115 Å². The first-order valence-corrected chi connectivity index (χ1v) is 7.67. The van der Waals surface area contributed by atoms with Crippen molar-refractivity contribution in [2.45, 2.75) is 24.5 Å². The number of thioether (sulfide) groups is 1. The fourth-order valence-corrected chi connectivity index (χ4v) is 3.14. The van der Waals surface area contributed by atoms with Gasteiger partial charge >= 0.3 is 0 Å². The van der Waals surface area contributed by atoms with Crippen LogP contribution in [0.1, 0.15) is 28.8 Å². The minimum Gasteiger partial charge on any atom is -0.351 e. The van der Waals surface area contributed by atoms with Crippen LogP contribution in [-0.2, 0) is 0 Å². The molecule has 4 heteroatoms.